The minimum absolute atomic E-state index is 0.0332. The zero-order valence-electron chi connectivity index (χ0n) is 13.4. The molecule has 1 aromatic rings. The molecule has 1 saturated heterocycles. The number of carbonyl (C=O) groups is 2. The van der Waals surface area contributed by atoms with E-state index in [0.29, 0.717) is 16.5 Å². The number of halogens is 2. The number of carboxylic acid groups (broad SMARTS) is 1. The molecule has 3 unspecified atom stereocenters. The minimum atomic E-state index is -0.801. The Labute approximate surface area is 151 Å². The molecule has 1 heterocycles. The fourth-order valence-electron chi connectivity index (χ4n) is 3.71. The van der Waals surface area contributed by atoms with Gasteiger partial charge in [0.05, 0.1) is 0 Å². The lowest BCUT2D eigenvalue weighted by molar-refractivity contribution is -0.140. The van der Waals surface area contributed by atoms with Gasteiger partial charge in [-0.1, -0.05) is 29.3 Å². The van der Waals surface area contributed by atoms with Gasteiger partial charge in [-0.2, -0.15) is 0 Å². The summed E-state index contributed by atoms with van der Waals surface area (Å²) in [5.74, 6) is -0.523. The van der Waals surface area contributed by atoms with E-state index in [-0.39, 0.29) is 30.2 Å². The van der Waals surface area contributed by atoms with Crippen LogP contribution in [0.1, 0.15) is 50.0 Å². The minimum Gasteiger partial charge on any atom is -0.481 e. The van der Waals surface area contributed by atoms with Crippen LogP contribution in [-0.4, -0.2) is 34.5 Å². The largest absolute Gasteiger partial charge is 0.481 e. The molecule has 3 atom stereocenters. The summed E-state index contributed by atoms with van der Waals surface area (Å²) in [6, 6.07) is 5.48. The number of carboxylic acids is 1. The summed E-state index contributed by atoms with van der Waals surface area (Å²) in [6.45, 7) is 0.737. The lowest BCUT2D eigenvalue weighted by Gasteiger charge is -2.36. The van der Waals surface area contributed by atoms with Crippen molar-refractivity contribution in [1.82, 2.24) is 4.90 Å². The van der Waals surface area contributed by atoms with Crippen LogP contribution in [-0.2, 0) is 9.59 Å². The van der Waals surface area contributed by atoms with E-state index in [4.69, 9.17) is 28.3 Å². The topological polar surface area (TPSA) is 57.6 Å². The molecule has 1 N–H and O–H groups in total. The molecule has 0 bridgehead atoms. The molecule has 1 saturated carbocycles. The fraction of sp³-hybridized carbons (Fsp3) is 0.556. The van der Waals surface area contributed by atoms with Crippen LogP contribution < -0.4 is 0 Å². The Morgan fingerprint density at radius 1 is 1.25 bits per heavy atom. The van der Waals surface area contributed by atoms with Gasteiger partial charge in [-0.15, -0.1) is 0 Å². The number of hydrogen-bond acceptors (Lipinski definition) is 2. The third-order valence-electron chi connectivity index (χ3n) is 5.07. The van der Waals surface area contributed by atoms with Crippen molar-refractivity contribution in [2.45, 2.75) is 50.5 Å². The Morgan fingerprint density at radius 3 is 2.75 bits per heavy atom. The average molecular weight is 370 g/mol. The lowest BCUT2D eigenvalue weighted by atomic mass is 9.97. The number of carbonyl (C=O) groups excluding carboxylic acids is 1. The van der Waals surface area contributed by atoms with E-state index >= 15 is 0 Å². The summed E-state index contributed by atoms with van der Waals surface area (Å²) >= 11 is 12.2. The van der Waals surface area contributed by atoms with Crippen molar-refractivity contribution < 1.29 is 14.7 Å². The Morgan fingerprint density at radius 2 is 2.04 bits per heavy atom. The summed E-state index contributed by atoms with van der Waals surface area (Å²) in [5, 5.41) is 10.1. The number of nitrogens with zero attached hydrogens (tertiary/aromatic N) is 1. The highest BCUT2D eigenvalue weighted by Gasteiger charge is 2.47. The predicted octanol–water partition coefficient (Wildman–Crippen LogP) is 4.34. The molecule has 1 amide bonds. The summed E-state index contributed by atoms with van der Waals surface area (Å²) < 4.78 is 0. The molecule has 2 fully saturated rings. The molecule has 0 aromatic heterocycles. The summed E-state index contributed by atoms with van der Waals surface area (Å²) in [7, 11) is 0. The Hall–Kier alpha value is -1.26. The van der Waals surface area contributed by atoms with E-state index in [1.807, 2.05) is 11.0 Å². The second-order valence-corrected chi connectivity index (χ2v) is 7.57. The summed E-state index contributed by atoms with van der Waals surface area (Å²) in [4.78, 5) is 25.6. The molecule has 24 heavy (non-hydrogen) atoms. The first kappa shape index (κ1) is 17.6. The highest BCUT2D eigenvalue weighted by molar-refractivity contribution is 6.35. The van der Waals surface area contributed by atoms with Crippen LogP contribution in [0.25, 0.3) is 0 Å². The number of benzene rings is 1. The maximum Gasteiger partial charge on any atom is 0.303 e. The molecular weight excluding hydrogens is 349 g/mol. The van der Waals surface area contributed by atoms with Crippen LogP contribution in [0.4, 0.5) is 0 Å². The zero-order valence-corrected chi connectivity index (χ0v) is 14.9. The number of hydrogen-bond donors (Lipinski definition) is 1. The van der Waals surface area contributed by atoms with Crippen LogP contribution in [0.5, 0.6) is 0 Å². The van der Waals surface area contributed by atoms with Crippen molar-refractivity contribution in [3.8, 4) is 0 Å². The van der Waals surface area contributed by atoms with Crippen molar-refractivity contribution in [3.05, 3.63) is 33.8 Å². The standard InChI is InChI=1S/C18H21Cl2NO3/c19-11-4-6-13(16(20)9-11)14-10-15(14)18(24)21-8-2-1-3-12(21)5-7-17(22)23/h4,6,9,12,14-15H,1-3,5,7-8,10H2,(H,22,23). The normalized spacial score (nSPS) is 26.2. The molecule has 1 aliphatic carbocycles. The van der Waals surface area contributed by atoms with Gasteiger partial charge < -0.3 is 10.0 Å². The Kier molecular flexibility index (Phi) is 5.36. The first-order chi connectivity index (χ1) is 11.5. The second-order valence-electron chi connectivity index (χ2n) is 6.73. The van der Waals surface area contributed by atoms with Gasteiger partial charge in [0.2, 0.25) is 5.91 Å². The highest BCUT2D eigenvalue weighted by atomic mass is 35.5. The molecule has 6 heteroatoms. The number of aliphatic carboxylic acids is 1. The summed E-state index contributed by atoms with van der Waals surface area (Å²) in [5.41, 5.74) is 0.985. The quantitative estimate of drug-likeness (QED) is 0.839. The molecule has 0 radical (unpaired) electrons. The van der Waals surface area contributed by atoms with E-state index < -0.39 is 5.97 Å². The first-order valence-electron chi connectivity index (χ1n) is 8.44. The van der Waals surface area contributed by atoms with Gasteiger partial charge >= 0.3 is 5.97 Å². The van der Waals surface area contributed by atoms with E-state index in [1.54, 1.807) is 12.1 Å². The molecule has 4 nitrogen and oxygen atoms in total. The van der Waals surface area contributed by atoms with Gasteiger partial charge in [-0.25, -0.2) is 0 Å². The smallest absolute Gasteiger partial charge is 0.303 e. The van der Waals surface area contributed by atoms with Crippen molar-refractivity contribution in [3.63, 3.8) is 0 Å². The third kappa shape index (κ3) is 3.86. The number of piperidine rings is 1. The number of likely N-dealkylation sites (tertiary alicyclic amines) is 1. The van der Waals surface area contributed by atoms with Gasteiger partial charge in [0.15, 0.2) is 0 Å². The maximum absolute atomic E-state index is 12.9. The van der Waals surface area contributed by atoms with Crippen LogP contribution >= 0.6 is 23.2 Å². The first-order valence-corrected chi connectivity index (χ1v) is 9.20. The van der Waals surface area contributed by atoms with Crippen LogP contribution in [0.3, 0.4) is 0 Å². The van der Waals surface area contributed by atoms with Crippen LogP contribution in [0.15, 0.2) is 18.2 Å². The second kappa shape index (κ2) is 7.32. The molecular formula is C18H21Cl2NO3. The molecule has 3 rings (SSSR count). The van der Waals surface area contributed by atoms with Gasteiger partial charge in [-0.05, 0) is 55.7 Å². The van der Waals surface area contributed by atoms with Gasteiger partial charge in [0.1, 0.15) is 0 Å². The SMILES string of the molecule is O=C(O)CCC1CCCCN1C(=O)C1CC1c1ccc(Cl)cc1Cl. The average Bonchev–Trinajstić information content (AvgIpc) is 3.33. The highest BCUT2D eigenvalue weighted by Crippen LogP contribution is 2.51. The predicted molar refractivity (Wildman–Crippen MR) is 93.5 cm³/mol. The Balaban J connectivity index is 1.66. The number of rotatable bonds is 5. The van der Waals surface area contributed by atoms with E-state index in [9.17, 15) is 9.59 Å². The van der Waals surface area contributed by atoms with Crippen LogP contribution in [0.2, 0.25) is 10.0 Å². The van der Waals surface area contributed by atoms with E-state index in [1.165, 1.54) is 0 Å². The molecule has 1 aromatic carbocycles. The molecule has 130 valence electrons. The Bertz CT molecular complexity index is 649. The summed E-state index contributed by atoms with van der Waals surface area (Å²) in [6.07, 6.45) is 4.42. The van der Waals surface area contributed by atoms with E-state index in [2.05, 4.69) is 0 Å². The number of amides is 1. The maximum atomic E-state index is 12.9. The third-order valence-corrected chi connectivity index (χ3v) is 5.63. The monoisotopic (exact) mass is 369 g/mol. The van der Waals surface area contributed by atoms with E-state index in [0.717, 1.165) is 37.8 Å². The van der Waals surface area contributed by atoms with Gasteiger partial charge in [0.25, 0.3) is 0 Å². The lowest BCUT2D eigenvalue weighted by Crippen LogP contribution is -2.44. The molecule has 0 spiro atoms. The molecule has 2 aliphatic rings. The van der Waals surface area contributed by atoms with Crippen molar-refractivity contribution in [2.75, 3.05) is 6.54 Å². The fourth-order valence-corrected chi connectivity index (χ4v) is 4.26. The van der Waals surface area contributed by atoms with Crippen LogP contribution in [0, 0.1) is 5.92 Å². The van der Waals surface area contributed by atoms with Crippen molar-refractivity contribution in [1.29, 1.82) is 0 Å². The van der Waals surface area contributed by atoms with Crippen molar-refractivity contribution >= 4 is 35.1 Å². The van der Waals surface area contributed by atoms with Crippen molar-refractivity contribution in [2.24, 2.45) is 5.92 Å². The molecule has 1 aliphatic heterocycles. The van der Waals surface area contributed by atoms with Gasteiger partial charge in [0, 0.05) is 35.0 Å². The zero-order chi connectivity index (χ0) is 17.3. The van der Waals surface area contributed by atoms with Gasteiger partial charge in [-0.3, -0.25) is 9.59 Å².